The molecule has 0 spiro atoms. The van der Waals surface area contributed by atoms with Crippen LogP contribution in [0.1, 0.15) is 5.56 Å². The molecular weight excluding hydrogens is 412 g/mol. The van der Waals surface area contributed by atoms with Crippen LogP contribution in [0.25, 0.3) is 6.08 Å². The third-order valence-corrected chi connectivity index (χ3v) is 4.30. The predicted molar refractivity (Wildman–Crippen MR) is 96.3 cm³/mol. The van der Waals surface area contributed by atoms with Gasteiger partial charge in [-0.3, -0.25) is 14.9 Å². The fourth-order valence-electron chi connectivity index (χ4n) is 2.26. The van der Waals surface area contributed by atoms with Gasteiger partial charge in [0.2, 0.25) is 0 Å². The lowest BCUT2D eigenvalue weighted by Crippen LogP contribution is -2.54. The van der Waals surface area contributed by atoms with Crippen LogP contribution in [0, 0.1) is 0 Å². The fourth-order valence-corrected chi connectivity index (χ4v) is 2.72. The number of anilines is 1. The Morgan fingerprint density at radius 3 is 2.40 bits per heavy atom. The molecule has 0 aromatic heterocycles. The number of hydrogen-bond donors (Lipinski definition) is 2. The average Bonchev–Trinajstić information content (AvgIpc) is 2.56. The Morgan fingerprint density at radius 2 is 1.76 bits per heavy atom. The van der Waals surface area contributed by atoms with Gasteiger partial charge in [-0.1, -0.05) is 33.6 Å². The molecule has 2 N–H and O–H groups in total. The molecule has 0 radical (unpaired) electrons. The van der Waals surface area contributed by atoms with Gasteiger partial charge >= 0.3 is 6.03 Å². The number of amides is 4. The smallest absolute Gasteiger partial charge is 0.335 e. The Balaban J connectivity index is 2.01. The lowest BCUT2D eigenvalue weighted by molar-refractivity contribution is -0.122. The highest BCUT2D eigenvalue weighted by Gasteiger charge is 2.36. The van der Waals surface area contributed by atoms with Gasteiger partial charge in [0.25, 0.3) is 11.8 Å². The number of halogens is 2. The first kappa shape index (κ1) is 17.2. The minimum Gasteiger partial charge on any atom is -0.506 e. The summed E-state index contributed by atoms with van der Waals surface area (Å²) in [6.45, 7) is 0. The van der Waals surface area contributed by atoms with Crippen LogP contribution in [0.5, 0.6) is 5.75 Å². The van der Waals surface area contributed by atoms with Gasteiger partial charge in [-0.05, 0) is 48.0 Å². The van der Waals surface area contributed by atoms with Crippen LogP contribution < -0.4 is 10.2 Å². The molecule has 4 amide bonds. The summed E-state index contributed by atoms with van der Waals surface area (Å²) in [5.74, 6) is -1.66. The van der Waals surface area contributed by atoms with Gasteiger partial charge in [0.15, 0.2) is 0 Å². The molecule has 0 unspecified atom stereocenters. The van der Waals surface area contributed by atoms with Gasteiger partial charge in [-0.15, -0.1) is 0 Å². The Labute approximate surface area is 155 Å². The van der Waals surface area contributed by atoms with Crippen molar-refractivity contribution >= 4 is 57.1 Å². The number of rotatable bonds is 2. The molecule has 1 saturated heterocycles. The maximum atomic E-state index is 12.7. The number of nitrogens with one attached hydrogen (secondary N) is 1. The molecule has 1 fully saturated rings. The molecule has 126 valence electrons. The van der Waals surface area contributed by atoms with E-state index >= 15 is 0 Å². The number of benzene rings is 2. The summed E-state index contributed by atoms with van der Waals surface area (Å²) in [4.78, 5) is 37.7. The van der Waals surface area contributed by atoms with Crippen molar-refractivity contribution in [1.82, 2.24) is 5.32 Å². The van der Waals surface area contributed by atoms with Gasteiger partial charge in [0, 0.05) is 4.47 Å². The molecule has 3 rings (SSSR count). The van der Waals surface area contributed by atoms with E-state index in [2.05, 4.69) is 21.2 Å². The summed E-state index contributed by atoms with van der Waals surface area (Å²) in [5.41, 5.74) is 0.545. The normalized spacial score (nSPS) is 16.3. The number of carbonyl (C=O) groups is 3. The van der Waals surface area contributed by atoms with Crippen molar-refractivity contribution in [2.45, 2.75) is 0 Å². The number of carbonyl (C=O) groups excluding carboxylic acids is 3. The van der Waals surface area contributed by atoms with Crippen LogP contribution in [-0.2, 0) is 9.59 Å². The van der Waals surface area contributed by atoms with Crippen molar-refractivity contribution in [2.24, 2.45) is 0 Å². The Hall–Kier alpha value is -2.64. The molecule has 6 nitrogen and oxygen atoms in total. The lowest BCUT2D eigenvalue weighted by atomic mass is 10.1. The van der Waals surface area contributed by atoms with Crippen molar-refractivity contribution in [1.29, 1.82) is 0 Å². The Bertz CT molecular complexity index is 925. The van der Waals surface area contributed by atoms with Crippen LogP contribution in [0.2, 0.25) is 5.02 Å². The van der Waals surface area contributed by atoms with Crippen molar-refractivity contribution in [3.05, 3.63) is 63.1 Å². The highest BCUT2D eigenvalue weighted by atomic mass is 79.9. The Kier molecular flexibility index (Phi) is 4.61. The molecule has 8 heteroatoms. The van der Waals surface area contributed by atoms with Gasteiger partial charge < -0.3 is 5.11 Å². The number of phenolic OH excluding ortho intramolecular Hbond substituents is 1. The van der Waals surface area contributed by atoms with Crippen LogP contribution in [-0.4, -0.2) is 23.0 Å². The average molecular weight is 422 g/mol. The molecule has 0 atom stereocenters. The molecule has 2 aromatic carbocycles. The highest BCUT2D eigenvalue weighted by Crippen LogP contribution is 2.27. The second-order valence-electron chi connectivity index (χ2n) is 5.15. The maximum Gasteiger partial charge on any atom is 0.335 e. The summed E-state index contributed by atoms with van der Waals surface area (Å²) < 4.78 is 0.784. The standard InChI is InChI=1S/C17H10BrClN2O4/c18-10-2-4-11(5-3-10)21-16(24)12(15(23)20-17(21)25)7-9-1-6-14(22)13(19)8-9/h1-8,22H,(H,20,23,25). The fraction of sp³-hybridized carbons (Fsp3) is 0. The number of aromatic hydroxyl groups is 1. The number of hydrogen-bond acceptors (Lipinski definition) is 4. The predicted octanol–water partition coefficient (Wildman–Crippen LogP) is 3.47. The van der Waals surface area contributed by atoms with Crippen LogP contribution in [0.4, 0.5) is 10.5 Å². The van der Waals surface area contributed by atoms with Gasteiger partial charge in [-0.25, -0.2) is 9.69 Å². The second-order valence-corrected chi connectivity index (χ2v) is 6.47. The number of urea groups is 1. The van der Waals surface area contributed by atoms with E-state index in [0.29, 0.717) is 11.3 Å². The van der Waals surface area contributed by atoms with Crippen LogP contribution in [0.3, 0.4) is 0 Å². The molecule has 2 aromatic rings. The van der Waals surface area contributed by atoms with Gasteiger partial charge in [0.05, 0.1) is 10.7 Å². The van der Waals surface area contributed by atoms with E-state index < -0.39 is 17.8 Å². The van der Waals surface area contributed by atoms with Crippen molar-refractivity contribution in [3.8, 4) is 5.75 Å². The van der Waals surface area contributed by atoms with Crippen LogP contribution in [0.15, 0.2) is 52.5 Å². The minimum absolute atomic E-state index is 0.0823. The lowest BCUT2D eigenvalue weighted by Gasteiger charge is -2.26. The number of barbiturate groups is 1. The van der Waals surface area contributed by atoms with Crippen molar-refractivity contribution < 1.29 is 19.5 Å². The molecule has 25 heavy (non-hydrogen) atoms. The summed E-state index contributed by atoms with van der Waals surface area (Å²) in [6, 6.07) is 9.93. The van der Waals surface area contributed by atoms with E-state index in [-0.39, 0.29) is 16.3 Å². The Morgan fingerprint density at radius 1 is 1.08 bits per heavy atom. The zero-order valence-corrected chi connectivity index (χ0v) is 14.8. The molecule has 0 bridgehead atoms. The molecule has 0 saturated carbocycles. The van der Waals surface area contributed by atoms with E-state index in [4.69, 9.17) is 11.6 Å². The van der Waals surface area contributed by atoms with E-state index in [1.807, 2.05) is 0 Å². The topological polar surface area (TPSA) is 86.7 Å². The zero-order chi connectivity index (χ0) is 18.1. The SMILES string of the molecule is O=C1NC(=O)N(c2ccc(Br)cc2)C(=O)C1=Cc1ccc(O)c(Cl)c1. The first-order valence-electron chi connectivity index (χ1n) is 7.02. The van der Waals surface area contributed by atoms with Crippen molar-refractivity contribution in [3.63, 3.8) is 0 Å². The second kappa shape index (κ2) is 6.70. The van der Waals surface area contributed by atoms with E-state index in [1.54, 1.807) is 24.3 Å². The molecular formula is C17H10BrClN2O4. The van der Waals surface area contributed by atoms with E-state index in [9.17, 15) is 19.5 Å². The minimum atomic E-state index is -0.821. The van der Waals surface area contributed by atoms with E-state index in [0.717, 1.165) is 9.37 Å². The summed E-state index contributed by atoms with van der Waals surface area (Å²) in [7, 11) is 0. The van der Waals surface area contributed by atoms with Crippen molar-refractivity contribution in [2.75, 3.05) is 4.90 Å². The zero-order valence-electron chi connectivity index (χ0n) is 12.5. The quantitative estimate of drug-likeness (QED) is 0.574. The molecule has 1 heterocycles. The molecule has 0 aliphatic carbocycles. The third-order valence-electron chi connectivity index (χ3n) is 3.47. The summed E-state index contributed by atoms with van der Waals surface area (Å²) in [5, 5.41) is 11.7. The van der Waals surface area contributed by atoms with E-state index in [1.165, 1.54) is 24.3 Å². The first-order chi connectivity index (χ1) is 11.9. The highest BCUT2D eigenvalue weighted by molar-refractivity contribution is 9.10. The number of imide groups is 2. The summed E-state index contributed by atoms with van der Waals surface area (Å²) >= 11 is 9.11. The maximum absolute atomic E-state index is 12.7. The number of phenols is 1. The summed E-state index contributed by atoms with van der Waals surface area (Å²) in [6.07, 6.45) is 1.31. The molecule has 1 aliphatic heterocycles. The third kappa shape index (κ3) is 3.42. The first-order valence-corrected chi connectivity index (χ1v) is 8.19. The largest absolute Gasteiger partial charge is 0.506 e. The van der Waals surface area contributed by atoms with Gasteiger partial charge in [0.1, 0.15) is 11.3 Å². The molecule has 1 aliphatic rings. The van der Waals surface area contributed by atoms with Gasteiger partial charge in [-0.2, -0.15) is 0 Å². The monoisotopic (exact) mass is 420 g/mol. The number of nitrogens with zero attached hydrogens (tertiary/aromatic N) is 1. The van der Waals surface area contributed by atoms with Crippen LogP contribution >= 0.6 is 27.5 Å².